The number of amides is 1. The van der Waals surface area contributed by atoms with E-state index < -0.39 is 0 Å². The summed E-state index contributed by atoms with van der Waals surface area (Å²) in [4.78, 5) is 12.6. The number of fused-ring (bicyclic) bond motifs is 1. The number of rotatable bonds is 6. The quantitative estimate of drug-likeness (QED) is 0.538. The third-order valence-electron chi connectivity index (χ3n) is 5.52. The maximum absolute atomic E-state index is 12.6. The molecule has 1 amide bonds. The van der Waals surface area contributed by atoms with Crippen molar-refractivity contribution in [2.75, 3.05) is 5.32 Å². The number of benzene rings is 1. The Hall–Kier alpha value is -3.35. The van der Waals surface area contributed by atoms with Crippen molar-refractivity contribution >= 4 is 22.6 Å². The number of nitrogens with zero attached hydrogens (tertiary/aromatic N) is 4. The van der Waals surface area contributed by atoms with Crippen LogP contribution in [0.5, 0.6) is 0 Å². The molecule has 1 fully saturated rings. The van der Waals surface area contributed by atoms with Gasteiger partial charge in [-0.1, -0.05) is 6.07 Å². The highest BCUT2D eigenvalue weighted by Crippen LogP contribution is 2.40. The fourth-order valence-electron chi connectivity index (χ4n) is 3.78. The van der Waals surface area contributed by atoms with Gasteiger partial charge in [-0.25, -0.2) is 4.68 Å². The van der Waals surface area contributed by atoms with Crippen LogP contribution in [0.1, 0.15) is 25.8 Å². The molecule has 142 valence electrons. The number of aromatic amines is 1. The van der Waals surface area contributed by atoms with Crippen LogP contribution < -0.4 is 5.32 Å². The van der Waals surface area contributed by atoms with Crippen molar-refractivity contribution in [2.45, 2.75) is 32.4 Å². The number of hydrogen-bond donors (Lipinski definition) is 2. The maximum Gasteiger partial charge on any atom is 0.245 e. The first-order chi connectivity index (χ1) is 13.7. The monoisotopic (exact) mass is 374 g/mol. The molecule has 0 aliphatic heterocycles. The SMILES string of the molecule is C[C@@H](C1CC1)n1nccc1NC(=O)Cn1ccc2cc(-c3ccn[nH]3)ccc21. The molecule has 0 bridgehead atoms. The van der Waals surface area contributed by atoms with Crippen LogP contribution in [0, 0.1) is 5.92 Å². The minimum Gasteiger partial charge on any atom is -0.338 e. The standard InChI is InChI=1S/C21H22N6O/c1-14(15-2-3-15)27-20(7-10-23-27)24-21(28)13-26-11-8-17-12-16(4-5-19(17)26)18-6-9-22-25-18/h4-12,14-15H,2-3,13H2,1H3,(H,22,25)(H,24,28)/t14-/m0/s1. The van der Waals surface area contributed by atoms with Gasteiger partial charge in [0.15, 0.2) is 0 Å². The fraction of sp³-hybridized carbons (Fsp3) is 0.286. The molecule has 0 spiro atoms. The van der Waals surface area contributed by atoms with Crippen molar-refractivity contribution in [2.24, 2.45) is 5.92 Å². The Labute approximate surface area is 162 Å². The molecular weight excluding hydrogens is 352 g/mol. The van der Waals surface area contributed by atoms with E-state index in [-0.39, 0.29) is 12.5 Å². The van der Waals surface area contributed by atoms with Gasteiger partial charge in [-0.3, -0.25) is 9.89 Å². The summed E-state index contributed by atoms with van der Waals surface area (Å²) in [5.74, 6) is 1.38. The van der Waals surface area contributed by atoms with Crippen molar-refractivity contribution in [1.82, 2.24) is 24.5 Å². The molecule has 1 saturated carbocycles. The minimum atomic E-state index is -0.0557. The largest absolute Gasteiger partial charge is 0.338 e. The van der Waals surface area contributed by atoms with E-state index in [0.717, 1.165) is 28.0 Å². The first kappa shape index (κ1) is 16.8. The van der Waals surface area contributed by atoms with Crippen LogP contribution >= 0.6 is 0 Å². The zero-order valence-corrected chi connectivity index (χ0v) is 15.7. The van der Waals surface area contributed by atoms with E-state index in [4.69, 9.17) is 0 Å². The number of aromatic nitrogens is 5. The molecule has 4 aromatic rings. The fourth-order valence-corrected chi connectivity index (χ4v) is 3.78. The topological polar surface area (TPSA) is 80.5 Å². The highest BCUT2D eigenvalue weighted by atomic mass is 16.2. The Balaban J connectivity index is 1.33. The summed E-state index contributed by atoms with van der Waals surface area (Å²) < 4.78 is 3.90. The molecule has 7 heteroatoms. The van der Waals surface area contributed by atoms with Crippen LogP contribution in [0.15, 0.2) is 55.0 Å². The molecule has 0 saturated heterocycles. The first-order valence-electron chi connectivity index (χ1n) is 9.61. The lowest BCUT2D eigenvalue weighted by Gasteiger charge is -2.15. The molecule has 1 aromatic carbocycles. The van der Waals surface area contributed by atoms with Gasteiger partial charge < -0.3 is 9.88 Å². The predicted molar refractivity (Wildman–Crippen MR) is 108 cm³/mol. The molecular formula is C21H22N6O. The Morgan fingerprint density at radius 2 is 2.14 bits per heavy atom. The Morgan fingerprint density at radius 3 is 2.93 bits per heavy atom. The number of H-pyrrole nitrogens is 1. The summed E-state index contributed by atoms with van der Waals surface area (Å²) >= 11 is 0. The van der Waals surface area contributed by atoms with E-state index in [2.05, 4.69) is 33.6 Å². The van der Waals surface area contributed by atoms with E-state index in [1.54, 1.807) is 12.4 Å². The second-order valence-electron chi connectivity index (χ2n) is 7.47. The summed E-state index contributed by atoms with van der Waals surface area (Å²) in [5.41, 5.74) is 3.08. The summed E-state index contributed by atoms with van der Waals surface area (Å²) in [6, 6.07) is 12.3. The van der Waals surface area contributed by atoms with Crippen molar-refractivity contribution in [3.05, 3.63) is 55.0 Å². The third kappa shape index (κ3) is 3.09. The van der Waals surface area contributed by atoms with E-state index in [1.165, 1.54) is 12.8 Å². The highest BCUT2D eigenvalue weighted by Gasteiger charge is 2.30. The lowest BCUT2D eigenvalue weighted by atomic mass is 10.1. The van der Waals surface area contributed by atoms with Crippen molar-refractivity contribution in [3.8, 4) is 11.3 Å². The molecule has 5 rings (SSSR count). The zero-order valence-electron chi connectivity index (χ0n) is 15.7. The minimum absolute atomic E-state index is 0.0557. The Kier molecular flexibility index (Phi) is 4.00. The summed E-state index contributed by atoms with van der Waals surface area (Å²) in [7, 11) is 0. The smallest absolute Gasteiger partial charge is 0.245 e. The predicted octanol–water partition coefficient (Wildman–Crippen LogP) is 3.84. The molecule has 0 radical (unpaired) electrons. The molecule has 7 nitrogen and oxygen atoms in total. The molecule has 0 unspecified atom stereocenters. The van der Waals surface area contributed by atoms with Crippen LogP contribution in [-0.2, 0) is 11.3 Å². The molecule has 3 heterocycles. The zero-order chi connectivity index (χ0) is 19.1. The second kappa shape index (κ2) is 6.67. The summed E-state index contributed by atoms with van der Waals surface area (Å²) in [6.45, 7) is 2.42. The van der Waals surface area contributed by atoms with Gasteiger partial charge in [0.1, 0.15) is 12.4 Å². The van der Waals surface area contributed by atoms with Gasteiger partial charge in [-0.2, -0.15) is 10.2 Å². The molecule has 1 aliphatic carbocycles. The van der Waals surface area contributed by atoms with Crippen LogP contribution in [0.2, 0.25) is 0 Å². The number of hydrogen-bond acceptors (Lipinski definition) is 3. The molecule has 1 atom stereocenters. The number of carbonyl (C=O) groups excluding carboxylic acids is 1. The molecule has 2 N–H and O–H groups in total. The van der Waals surface area contributed by atoms with Gasteiger partial charge in [0.05, 0.1) is 17.9 Å². The van der Waals surface area contributed by atoms with Gasteiger partial charge in [0.25, 0.3) is 0 Å². The van der Waals surface area contributed by atoms with E-state index in [0.29, 0.717) is 12.0 Å². The average molecular weight is 374 g/mol. The average Bonchev–Trinajstić information content (AvgIpc) is 3.08. The lowest BCUT2D eigenvalue weighted by molar-refractivity contribution is -0.116. The normalized spacial score (nSPS) is 15.0. The van der Waals surface area contributed by atoms with E-state index in [9.17, 15) is 4.79 Å². The molecule has 28 heavy (non-hydrogen) atoms. The van der Waals surface area contributed by atoms with Crippen molar-refractivity contribution in [1.29, 1.82) is 0 Å². The molecule has 3 aromatic heterocycles. The van der Waals surface area contributed by atoms with Crippen molar-refractivity contribution < 1.29 is 4.79 Å². The Morgan fingerprint density at radius 1 is 1.25 bits per heavy atom. The van der Waals surface area contributed by atoms with Gasteiger partial charge in [-0.15, -0.1) is 0 Å². The third-order valence-corrected chi connectivity index (χ3v) is 5.52. The maximum atomic E-state index is 12.6. The van der Waals surface area contributed by atoms with E-state index >= 15 is 0 Å². The Bertz CT molecular complexity index is 1120. The summed E-state index contributed by atoms with van der Waals surface area (Å²) in [5, 5.41) is 15.5. The van der Waals surface area contributed by atoms with Gasteiger partial charge >= 0.3 is 0 Å². The van der Waals surface area contributed by atoms with Crippen LogP contribution in [0.4, 0.5) is 5.82 Å². The van der Waals surface area contributed by atoms with E-state index in [1.807, 2.05) is 45.8 Å². The first-order valence-corrected chi connectivity index (χ1v) is 9.61. The van der Waals surface area contributed by atoms with Gasteiger partial charge in [0, 0.05) is 34.9 Å². The van der Waals surface area contributed by atoms with Gasteiger partial charge in [0.2, 0.25) is 5.91 Å². The number of anilines is 1. The second-order valence-corrected chi connectivity index (χ2v) is 7.47. The van der Waals surface area contributed by atoms with Gasteiger partial charge in [-0.05, 0) is 49.9 Å². The number of nitrogens with one attached hydrogen (secondary N) is 2. The van der Waals surface area contributed by atoms with Crippen LogP contribution in [0.3, 0.4) is 0 Å². The lowest BCUT2D eigenvalue weighted by Crippen LogP contribution is -2.22. The number of carbonyl (C=O) groups is 1. The molecule has 1 aliphatic rings. The van der Waals surface area contributed by atoms with Crippen LogP contribution in [0.25, 0.3) is 22.2 Å². The summed E-state index contributed by atoms with van der Waals surface area (Å²) in [6.07, 6.45) is 7.92. The van der Waals surface area contributed by atoms with Crippen LogP contribution in [-0.4, -0.2) is 30.5 Å². The van der Waals surface area contributed by atoms with Crippen molar-refractivity contribution in [3.63, 3.8) is 0 Å². The highest BCUT2D eigenvalue weighted by molar-refractivity contribution is 5.92.